The Balaban J connectivity index is 2.14. The maximum absolute atomic E-state index is 6.37. The number of benzene rings is 1. The number of halogens is 1. The predicted octanol–water partition coefficient (Wildman–Crippen LogP) is 4.69. The molecule has 0 aromatic heterocycles. The Labute approximate surface area is 131 Å². The van der Waals surface area contributed by atoms with Crippen LogP contribution in [0.3, 0.4) is 0 Å². The second kappa shape index (κ2) is 7.46. The van der Waals surface area contributed by atoms with Crippen molar-refractivity contribution in [1.29, 1.82) is 0 Å². The summed E-state index contributed by atoms with van der Waals surface area (Å²) in [6.45, 7) is 4.32. The average molecular weight is 340 g/mol. The summed E-state index contributed by atoms with van der Waals surface area (Å²) in [4.78, 5) is 0. The predicted molar refractivity (Wildman–Crippen MR) is 88.2 cm³/mol. The lowest BCUT2D eigenvalue weighted by Crippen LogP contribution is -2.30. The van der Waals surface area contributed by atoms with Crippen molar-refractivity contribution in [2.75, 3.05) is 0 Å². The minimum absolute atomic E-state index is 0.153. The van der Waals surface area contributed by atoms with Gasteiger partial charge in [0, 0.05) is 10.5 Å². The third-order valence-corrected chi connectivity index (χ3v) is 4.70. The first-order chi connectivity index (χ1) is 9.60. The van der Waals surface area contributed by atoms with Gasteiger partial charge in [0.15, 0.2) is 0 Å². The van der Waals surface area contributed by atoms with Crippen LogP contribution in [-0.4, -0.2) is 12.1 Å². The summed E-state index contributed by atoms with van der Waals surface area (Å²) in [5.41, 5.74) is 7.18. The Morgan fingerprint density at radius 1 is 1.35 bits per heavy atom. The molecular weight excluding hydrogens is 314 g/mol. The molecule has 1 aliphatic carbocycles. The monoisotopic (exact) mass is 339 g/mol. The van der Waals surface area contributed by atoms with Crippen molar-refractivity contribution in [3.05, 3.63) is 28.2 Å². The lowest BCUT2D eigenvalue weighted by Gasteiger charge is -2.32. The number of nitrogens with two attached hydrogens (primary N) is 1. The number of rotatable bonds is 5. The first-order valence-electron chi connectivity index (χ1n) is 7.80. The van der Waals surface area contributed by atoms with Gasteiger partial charge in [-0.25, -0.2) is 0 Å². The standard InChI is InChI=1S/C17H26BrNO/c1-3-13-6-4-5-7-16(13)20-17-9-8-15(18)11-14(17)10-12(2)19/h8-9,11-13,16H,3-7,10,19H2,1-2H3. The van der Waals surface area contributed by atoms with E-state index in [0.717, 1.165) is 16.6 Å². The van der Waals surface area contributed by atoms with Crippen LogP contribution in [0.25, 0.3) is 0 Å². The molecule has 0 bridgehead atoms. The Hall–Kier alpha value is -0.540. The van der Waals surface area contributed by atoms with Gasteiger partial charge in [-0.15, -0.1) is 0 Å². The van der Waals surface area contributed by atoms with Crippen molar-refractivity contribution in [3.8, 4) is 5.75 Å². The van der Waals surface area contributed by atoms with Crippen LogP contribution >= 0.6 is 15.9 Å². The molecule has 1 aromatic rings. The molecule has 1 saturated carbocycles. The highest BCUT2D eigenvalue weighted by Crippen LogP contribution is 2.33. The van der Waals surface area contributed by atoms with Gasteiger partial charge in [-0.2, -0.15) is 0 Å². The van der Waals surface area contributed by atoms with Crippen LogP contribution in [0.1, 0.15) is 51.5 Å². The summed E-state index contributed by atoms with van der Waals surface area (Å²) in [5.74, 6) is 1.73. The van der Waals surface area contributed by atoms with E-state index in [2.05, 4.69) is 41.1 Å². The van der Waals surface area contributed by atoms with Gasteiger partial charge in [0.1, 0.15) is 11.9 Å². The summed E-state index contributed by atoms with van der Waals surface area (Å²) in [6.07, 6.45) is 7.59. The van der Waals surface area contributed by atoms with Gasteiger partial charge in [0.2, 0.25) is 0 Å². The van der Waals surface area contributed by atoms with E-state index in [0.29, 0.717) is 12.0 Å². The Morgan fingerprint density at radius 2 is 2.10 bits per heavy atom. The normalized spacial score (nSPS) is 24.4. The number of hydrogen-bond acceptors (Lipinski definition) is 2. The smallest absolute Gasteiger partial charge is 0.123 e. The molecule has 1 fully saturated rings. The van der Waals surface area contributed by atoms with Crippen LogP contribution in [0.5, 0.6) is 5.75 Å². The molecule has 20 heavy (non-hydrogen) atoms. The summed E-state index contributed by atoms with van der Waals surface area (Å²) in [6, 6.07) is 6.44. The van der Waals surface area contributed by atoms with Gasteiger partial charge < -0.3 is 10.5 Å². The fraction of sp³-hybridized carbons (Fsp3) is 0.647. The summed E-state index contributed by atoms with van der Waals surface area (Å²) in [5, 5.41) is 0. The van der Waals surface area contributed by atoms with E-state index in [4.69, 9.17) is 10.5 Å². The highest BCUT2D eigenvalue weighted by atomic mass is 79.9. The van der Waals surface area contributed by atoms with Crippen molar-refractivity contribution >= 4 is 15.9 Å². The third kappa shape index (κ3) is 4.23. The fourth-order valence-electron chi connectivity index (χ4n) is 3.13. The molecule has 2 N–H and O–H groups in total. The van der Waals surface area contributed by atoms with Crippen LogP contribution in [0.4, 0.5) is 0 Å². The van der Waals surface area contributed by atoms with Crippen molar-refractivity contribution in [2.45, 2.75) is 64.5 Å². The maximum atomic E-state index is 6.37. The van der Waals surface area contributed by atoms with E-state index in [1.165, 1.54) is 37.7 Å². The van der Waals surface area contributed by atoms with Gasteiger partial charge in [0.25, 0.3) is 0 Å². The maximum Gasteiger partial charge on any atom is 0.123 e. The molecule has 3 unspecified atom stereocenters. The highest BCUT2D eigenvalue weighted by molar-refractivity contribution is 9.10. The lowest BCUT2D eigenvalue weighted by molar-refractivity contribution is 0.0893. The molecule has 0 heterocycles. The van der Waals surface area contributed by atoms with Gasteiger partial charge in [-0.05, 0) is 68.7 Å². The summed E-state index contributed by atoms with van der Waals surface area (Å²) >= 11 is 3.54. The molecule has 2 nitrogen and oxygen atoms in total. The zero-order chi connectivity index (χ0) is 14.5. The molecular formula is C17H26BrNO. The molecule has 0 radical (unpaired) electrons. The van der Waals surface area contributed by atoms with E-state index in [9.17, 15) is 0 Å². The first kappa shape index (κ1) is 15.8. The SMILES string of the molecule is CCC1CCCCC1Oc1ccc(Br)cc1CC(C)N. The topological polar surface area (TPSA) is 35.2 Å². The van der Waals surface area contributed by atoms with E-state index < -0.39 is 0 Å². The van der Waals surface area contributed by atoms with Crippen LogP contribution in [0.2, 0.25) is 0 Å². The highest BCUT2D eigenvalue weighted by Gasteiger charge is 2.26. The van der Waals surface area contributed by atoms with Crippen molar-refractivity contribution in [2.24, 2.45) is 11.7 Å². The minimum Gasteiger partial charge on any atom is -0.490 e. The molecule has 0 aliphatic heterocycles. The Kier molecular flexibility index (Phi) is 5.91. The second-order valence-electron chi connectivity index (χ2n) is 6.04. The first-order valence-corrected chi connectivity index (χ1v) is 8.60. The van der Waals surface area contributed by atoms with E-state index in [-0.39, 0.29) is 6.04 Å². The van der Waals surface area contributed by atoms with E-state index in [1.807, 2.05) is 6.92 Å². The lowest BCUT2D eigenvalue weighted by atomic mass is 9.84. The molecule has 0 spiro atoms. The van der Waals surface area contributed by atoms with Gasteiger partial charge in [-0.3, -0.25) is 0 Å². The van der Waals surface area contributed by atoms with Crippen molar-refractivity contribution in [3.63, 3.8) is 0 Å². The largest absolute Gasteiger partial charge is 0.490 e. The molecule has 1 aromatic carbocycles. The number of ether oxygens (including phenoxy) is 1. The minimum atomic E-state index is 0.153. The molecule has 0 amide bonds. The average Bonchev–Trinajstić information content (AvgIpc) is 2.42. The van der Waals surface area contributed by atoms with Crippen LogP contribution < -0.4 is 10.5 Å². The van der Waals surface area contributed by atoms with Crippen molar-refractivity contribution < 1.29 is 4.74 Å². The quantitative estimate of drug-likeness (QED) is 0.844. The third-order valence-electron chi connectivity index (χ3n) is 4.21. The molecule has 2 rings (SSSR count). The van der Waals surface area contributed by atoms with E-state index >= 15 is 0 Å². The fourth-order valence-corrected chi connectivity index (χ4v) is 3.54. The summed E-state index contributed by atoms with van der Waals surface area (Å²) < 4.78 is 7.46. The van der Waals surface area contributed by atoms with Crippen LogP contribution in [-0.2, 0) is 6.42 Å². The zero-order valence-corrected chi connectivity index (χ0v) is 14.2. The Bertz CT molecular complexity index is 433. The molecule has 1 aliphatic rings. The van der Waals surface area contributed by atoms with Crippen LogP contribution in [0.15, 0.2) is 22.7 Å². The molecule has 112 valence electrons. The van der Waals surface area contributed by atoms with Gasteiger partial charge in [0.05, 0.1) is 0 Å². The van der Waals surface area contributed by atoms with Gasteiger partial charge in [-0.1, -0.05) is 29.3 Å². The molecule has 0 saturated heterocycles. The molecule has 3 heteroatoms. The van der Waals surface area contributed by atoms with Crippen molar-refractivity contribution in [1.82, 2.24) is 0 Å². The Morgan fingerprint density at radius 3 is 2.80 bits per heavy atom. The molecule has 3 atom stereocenters. The van der Waals surface area contributed by atoms with Gasteiger partial charge >= 0.3 is 0 Å². The zero-order valence-electron chi connectivity index (χ0n) is 12.6. The second-order valence-corrected chi connectivity index (χ2v) is 6.96. The summed E-state index contributed by atoms with van der Waals surface area (Å²) in [7, 11) is 0. The van der Waals surface area contributed by atoms with Crippen LogP contribution in [0, 0.1) is 5.92 Å². The van der Waals surface area contributed by atoms with E-state index in [1.54, 1.807) is 0 Å². The number of hydrogen-bond donors (Lipinski definition) is 1.